The van der Waals surface area contributed by atoms with Gasteiger partial charge in [-0.25, -0.2) is 0 Å². The van der Waals surface area contributed by atoms with Crippen molar-refractivity contribution in [3.05, 3.63) is 80.7 Å². The van der Waals surface area contributed by atoms with E-state index in [1.165, 1.54) is 22.7 Å². The number of carbonyl (C=O) groups excluding carboxylic acids is 1. The third-order valence-electron chi connectivity index (χ3n) is 5.80. The highest BCUT2D eigenvalue weighted by Gasteiger charge is 2.63. The van der Waals surface area contributed by atoms with Crippen molar-refractivity contribution >= 4 is 40.2 Å². The van der Waals surface area contributed by atoms with Gasteiger partial charge in [0.2, 0.25) is 0 Å². The van der Waals surface area contributed by atoms with Gasteiger partial charge in [0.05, 0.1) is 29.0 Å². The van der Waals surface area contributed by atoms with Crippen LogP contribution in [0.2, 0.25) is 0 Å². The Morgan fingerprint density at radius 2 is 1.76 bits per heavy atom. The van der Waals surface area contributed by atoms with E-state index in [1.54, 1.807) is 0 Å². The maximum Gasteiger partial charge on any atom is 0.195 e. The van der Waals surface area contributed by atoms with E-state index < -0.39 is 23.4 Å². The van der Waals surface area contributed by atoms with E-state index in [0.717, 1.165) is 16.1 Å². The summed E-state index contributed by atoms with van der Waals surface area (Å²) in [6.45, 7) is 0. The van der Waals surface area contributed by atoms with Crippen LogP contribution in [0.3, 0.4) is 0 Å². The van der Waals surface area contributed by atoms with Crippen LogP contribution in [0, 0.1) is 28.1 Å². The standard InChI is InChI=1S/C23H15N3OS2/c24-13-23(14-25)19-10-9-15-5-1-2-6-16(15)26(19)21(20(23)17-7-3-11-28-17)22(27)18-8-4-12-29-18/h1-12,19-21H/t19-,20-,21+/m1/s1. The Bertz CT molecular complexity index is 1170. The number of fused-ring (bicyclic) bond motifs is 3. The molecule has 0 N–H and O–H groups in total. The summed E-state index contributed by atoms with van der Waals surface area (Å²) >= 11 is 2.89. The minimum absolute atomic E-state index is 0.0409. The van der Waals surface area contributed by atoms with Crippen LogP contribution in [0.4, 0.5) is 5.69 Å². The van der Waals surface area contributed by atoms with Crippen LogP contribution in [0.1, 0.15) is 26.0 Å². The summed E-state index contributed by atoms with van der Waals surface area (Å²) in [6, 6.07) is 18.9. The van der Waals surface area contributed by atoms with Crippen LogP contribution in [-0.2, 0) is 0 Å². The Morgan fingerprint density at radius 3 is 2.45 bits per heavy atom. The molecule has 6 heteroatoms. The van der Waals surface area contributed by atoms with Crippen molar-refractivity contribution in [1.29, 1.82) is 10.5 Å². The molecule has 29 heavy (non-hydrogen) atoms. The fourth-order valence-corrected chi connectivity index (χ4v) is 6.21. The Hall–Kier alpha value is -3.19. The topological polar surface area (TPSA) is 67.9 Å². The molecular weight excluding hydrogens is 398 g/mol. The SMILES string of the molecule is N#CC1(C#N)[C@H](c2cccs2)[C@@H](C(=O)c2cccs2)N2c3ccccc3C=C[C@@H]21. The highest BCUT2D eigenvalue weighted by molar-refractivity contribution is 7.12. The monoisotopic (exact) mass is 413 g/mol. The number of benzene rings is 1. The van der Waals surface area contributed by atoms with Crippen LogP contribution < -0.4 is 4.90 Å². The zero-order valence-electron chi connectivity index (χ0n) is 15.2. The van der Waals surface area contributed by atoms with Crippen molar-refractivity contribution in [2.75, 3.05) is 4.90 Å². The lowest BCUT2D eigenvalue weighted by atomic mass is 9.71. The Kier molecular flexibility index (Phi) is 4.13. The first-order valence-electron chi connectivity index (χ1n) is 9.20. The van der Waals surface area contributed by atoms with Gasteiger partial charge in [-0.2, -0.15) is 10.5 Å². The molecule has 3 atom stereocenters. The van der Waals surface area contributed by atoms with Gasteiger partial charge in [0.1, 0.15) is 6.04 Å². The second kappa shape index (κ2) is 6.70. The Labute approximate surface area is 176 Å². The molecule has 0 bridgehead atoms. The molecule has 1 aromatic carbocycles. The summed E-state index contributed by atoms with van der Waals surface area (Å²) < 4.78 is 0. The molecule has 2 aliphatic rings. The van der Waals surface area contributed by atoms with Crippen LogP contribution in [0.25, 0.3) is 6.08 Å². The molecule has 0 unspecified atom stereocenters. The van der Waals surface area contributed by atoms with Gasteiger partial charge in [-0.15, -0.1) is 22.7 Å². The molecule has 0 amide bonds. The summed E-state index contributed by atoms with van der Waals surface area (Å²) in [6.07, 6.45) is 3.88. The maximum absolute atomic E-state index is 13.7. The minimum Gasteiger partial charge on any atom is -0.351 e. The molecule has 0 spiro atoms. The van der Waals surface area contributed by atoms with Crippen LogP contribution in [0.5, 0.6) is 0 Å². The quantitative estimate of drug-likeness (QED) is 0.561. The first-order chi connectivity index (χ1) is 14.2. The van der Waals surface area contributed by atoms with E-state index in [9.17, 15) is 15.3 Å². The van der Waals surface area contributed by atoms with E-state index in [2.05, 4.69) is 12.1 Å². The van der Waals surface area contributed by atoms with Crippen molar-refractivity contribution < 1.29 is 4.79 Å². The minimum atomic E-state index is -1.35. The number of hydrogen-bond acceptors (Lipinski definition) is 6. The number of rotatable bonds is 3. The lowest BCUT2D eigenvalue weighted by molar-refractivity contribution is 0.0955. The molecule has 4 nitrogen and oxygen atoms in total. The smallest absolute Gasteiger partial charge is 0.195 e. The summed E-state index contributed by atoms with van der Waals surface area (Å²) in [5.74, 6) is -0.575. The number of hydrogen-bond donors (Lipinski definition) is 0. The first kappa shape index (κ1) is 17.9. The highest BCUT2D eigenvalue weighted by atomic mass is 32.1. The fourth-order valence-electron chi connectivity index (χ4n) is 4.58. The Balaban J connectivity index is 1.79. The number of thiophene rings is 2. The summed E-state index contributed by atoms with van der Waals surface area (Å²) in [5, 5.41) is 24.3. The van der Waals surface area contributed by atoms with Gasteiger partial charge in [0.25, 0.3) is 0 Å². The normalized spacial score (nSPS) is 23.7. The largest absolute Gasteiger partial charge is 0.351 e. The number of para-hydroxylation sites is 1. The molecule has 0 saturated carbocycles. The molecule has 140 valence electrons. The third kappa shape index (κ3) is 2.43. The lowest BCUT2D eigenvalue weighted by Gasteiger charge is -2.35. The van der Waals surface area contributed by atoms with E-state index >= 15 is 0 Å². The predicted molar refractivity (Wildman–Crippen MR) is 115 cm³/mol. The average Bonchev–Trinajstić information content (AvgIpc) is 3.52. The van der Waals surface area contributed by atoms with E-state index in [-0.39, 0.29) is 5.78 Å². The zero-order chi connectivity index (χ0) is 20.0. The molecule has 2 aromatic heterocycles. The van der Waals surface area contributed by atoms with Gasteiger partial charge >= 0.3 is 0 Å². The summed E-state index contributed by atoms with van der Waals surface area (Å²) in [5.41, 5.74) is 0.528. The van der Waals surface area contributed by atoms with Crippen LogP contribution in [0.15, 0.2) is 65.4 Å². The van der Waals surface area contributed by atoms with E-state index in [0.29, 0.717) is 4.88 Å². The van der Waals surface area contributed by atoms with Crippen molar-refractivity contribution in [2.24, 2.45) is 5.41 Å². The summed E-state index contributed by atoms with van der Waals surface area (Å²) in [4.78, 5) is 17.3. The number of ketones is 1. The van der Waals surface area contributed by atoms with Crippen molar-refractivity contribution in [3.8, 4) is 12.1 Å². The third-order valence-corrected chi connectivity index (χ3v) is 7.64. The molecule has 1 fully saturated rings. The number of nitrogens with zero attached hydrogens (tertiary/aromatic N) is 3. The Morgan fingerprint density at radius 1 is 1.00 bits per heavy atom. The molecule has 0 aliphatic carbocycles. The van der Waals surface area contributed by atoms with E-state index in [4.69, 9.17) is 0 Å². The average molecular weight is 414 g/mol. The molecule has 4 heterocycles. The number of Topliss-reactive ketones (excluding diaryl/α,β-unsaturated/α-hetero) is 1. The molecule has 0 radical (unpaired) electrons. The number of anilines is 1. The van der Waals surface area contributed by atoms with E-state index in [1.807, 2.05) is 76.3 Å². The predicted octanol–water partition coefficient (Wildman–Crippen LogP) is 5.09. The van der Waals surface area contributed by atoms with Crippen molar-refractivity contribution in [2.45, 2.75) is 18.0 Å². The molecule has 2 aliphatic heterocycles. The van der Waals surface area contributed by atoms with Crippen molar-refractivity contribution in [3.63, 3.8) is 0 Å². The molecule has 3 aromatic rings. The van der Waals surface area contributed by atoms with Gasteiger partial charge in [0, 0.05) is 10.6 Å². The van der Waals surface area contributed by atoms with Gasteiger partial charge in [-0.1, -0.05) is 42.5 Å². The second-order valence-electron chi connectivity index (χ2n) is 7.14. The summed E-state index contributed by atoms with van der Waals surface area (Å²) in [7, 11) is 0. The maximum atomic E-state index is 13.7. The highest BCUT2D eigenvalue weighted by Crippen LogP contribution is 2.56. The van der Waals surface area contributed by atoms with Crippen LogP contribution in [-0.4, -0.2) is 17.9 Å². The second-order valence-corrected chi connectivity index (χ2v) is 9.07. The number of carbonyl (C=O) groups is 1. The lowest BCUT2D eigenvalue weighted by Crippen LogP contribution is -2.44. The van der Waals surface area contributed by atoms with Gasteiger partial charge in [-0.05, 0) is 34.5 Å². The van der Waals surface area contributed by atoms with Gasteiger partial charge in [-0.3, -0.25) is 4.79 Å². The first-order valence-corrected chi connectivity index (χ1v) is 11.0. The number of nitriles is 2. The van der Waals surface area contributed by atoms with Gasteiger partial charge < -0.3 is 4.90 Å². The molecular formula is C23H15N3OS2. The van der Waals surface area contributed by atoms with Crippen LogP contribution >= 0.6 is 22.7 Å². The zero-order valence-corrected chi connectivity index (χ0v) is 16.9. The fraction of sp³-hybridized carbons (Fsp3) is 0.174. The molecule has 1 saturated heterocycles. The molecule has 5 rings (SSSR count). The van der Waals surface area contributed by atoms with Gasteiger partial charge in [0.15, 0.2) is 11.2 Å². The van der Waals surface area contributed by atoms with Crippen molar-refractivity contribution in [1.82, 2.24) is 0 Å².